The summed E-state index contributed by atoms with van der Waals surface area (Å²) in [6, 6.07) is 0. The molecule has 0 unspecified atom stereocenters. The largest absolute Gasteiger partial charge is 0.246 e. The molecule has 1 heterocycles. The van der Waals surface area contributed by atoms with Crippen LogP contribution in [0, 0.1) is 13.8 Å². The van der Waals surface area contributed by atoms with Crippen molar-refractivity contribution in [1.29, 1.82) is 0 Å². The van der Waals surface area contributed by atoms with Crippen molar-refractivity contribution in [2.24, 2.45) is 0 Å². The Labute approximate surface area is 104 Å². The van der Waals surface area contributed by atoms with Crippen LogP contribution < -0.4 is 0 Å². The first-order chi connectivity index (χ1) is 7.62. The fourth-order valence-electron chi connectivity index (χ4n) is 2.66. The molecule has 1 aliphatic rings. The molecule has 0 aliphatic heterocycles. The van der Waals surface area contributed by atoms with Crippen molar-refractivity contribution in [3.63, 3.8) is 0 Å². The van der Waals surface area contributed by atoms with Gasteiger partial charge in [-0.3, -0.25) is 0 Å². The quantitative estimate of drug-likeness (QED) is 0.671. The molecule has 0 saturated heterocycles. The lowest BCUT2D eigenvalue weighted by molar-refractivity contribution is 0.312. The minimum Gasteiger partial charge on any atom is -0.246 e. The van der Waals surface area contributed by atoms with Crippen LogP contribution in [-0.4, -0.2) is 4.98 Å². The molecule has 0 N–H and O–H groups in total. The average Bonchev–Trinajstić information content (AvgIpc) is 2.63. The zero-order chi connectivity index (χ0) is 12.2. The Morgan fingerprint density at radius 1 is 1.06 bits per heavy atom. The predicted molar refractivity (Wildman–Crippen MR) is 73.4 cm³/mol. The molecule has 1 fully saturated rings. The van der Waals surface area contributed by atoms with Crippen LogP contribution in [0.4, 0.5) is 0 Å². The minimum atomic E-state index is 0.382. The van der Waals surface area contributed by atoms with E-state index in [-0.39, 0.29) is 0 Å². The lowest BCUT2D eigenvalue weighted by Gasteiger charge is -2.32. The number of aryl methyl sites for hydroxylation is 2. The Morgan fingerprint density at radius 3 is 2.06 bits per heavy atom. The Bertz CT molecular complexity index is 321. The second-order valence-corrected chi connectivity index (χ2v) is 6.17. The van der Waals surface area contributed by atoms with E-state index < -0.39 is 0 Å². The summed E-state index contributed by atoms with van der Waals surface area (Å²) in [6.07, 6.45) is 6.84. The van der Waals surface area contributed by atoms with Gasteiger partial charge in [-0.15, -0.1) is 11.3 Å². The Morgan fingerprint density at radius 2 is 1.62 bits per heavy atom. The van der Waals surface area contributed by atoms with Crippen molar-refractivity contribution in [1.82, 2.24) is 4.98 Å². The van der Waals surface area contributed by atoms with Crippen LogP contribution in [0.3, 0.4) is 0 Å². The van der Waals surface area contributed by atoms with Crippen molar-refractivity contribution in [3.05, 3.63) is 15.6 Å². The van der Waals surface area contributed by atoms with Gasteiger partial charge in [0.2, 0.25) is 0 Å². The molecule has 1 aromatic heterocycles. The monoisotopic (exact) mass is 239 g/mol. The fraction of sp³-hybridized carbons (Fsp3) is 0.786. The molecule has 0 radical (unpaired) electrons. The van der Waals surface area contributed by atoms with E-state index >= 15 is 0 Å². The second kappa shape index (κ2) is 5.81. The van der Waals surface area contributed by atoms with Gasteiger partial charge in [-0.1, -0.05) is 40.0 Å². The minimum absolute atomic E-state index is 0.382. The zero-order valence-corrected chi connectivity index (χ0v) is 12.2. The van der Waals surface area contributed by atoms with Gasteiger partial charge in [0, 0.05) is 10.3 Å². The van der Waals surface area contributed by atoms with E-state index in [1.165, 1.54) is 47.7 Å². The number of rotatable bonds is 1. The number of thiazole rings is 1. The van der Waals surface area contributed by atoms with Crippen molar-refractivity contribution in [2.45, 2.75) is 72.1 Å². The molecule has 2 heteroatoms. The summed E-state index contributed by atoms with van der Waals surface area (Å²) in [6.45, 7) is 10.7. The molecule has 0 amide bonds. The van der Waals surface area contributed by atoms with Crippen molar-refractivity contribution in [2.75, 3.05) is 0 Å². The van der Waals surface area contributed by atoms with E-state index in [0.29, 0.717) is 5.41 Å². The second-order valence-electron chi connectivity index (χ2n) is 4.76. The summed E-state index contributed by atoms with van der Waals surface area (Å²) in [5.74, 6) is 0. The standard InChI is InChI=1S/C12H19NS.C2H6/c1-9-11(13-10(2)14-9)12(3)7-5-4-6-8-12;1-2/h4-8H2,1-3H3;1-2H3. The SMILES string of the molecule is CC.Cc1nc(C2(C)CCCCC2)c(C)s1. The maximum Gasteiger partial charge on any atom is 0.0900 e. The van der Waals surface area contributed by atoms with Gasteiger partial charge in [-0.2, -0.15) is 0 Å². The molecular formula is C14H25NS. The first-order valence-electron chi connectivity index (χ1n) is 6.56. The third-order valence-corrected chi connectivity index (χ3v) is 4.32. The van der Waals surface area contributed by atoms with E-state index in [4.69, 9.17) is 4.98 Å². The van der Waals surface area contributed by atoms with Gasteiger partial charge in [0.05, 0.1) is 10.7 Å². The van der Waals surface area contributed by atoms with Crippen molar-refractivity contribution in [3.8, 4) is 0 Å². The van der Waals surface area contributed by atoms with E-state index in [1.807, 2.05) is 25.2 Å². The lowest BCUT2D eigenvalue weighted by atomic mass is 9.73. The molecule has 1 aliphatic carbocycles. The molecule has 2 rings (SSSR count). The summed E-state index contributed by atoms with van der Waals surface area (Å²) in [4.78, 5) is 6.16. The summed E-state index contributed by atoms with van der Waals surface area (Å²) < 4.78 is 0. The van der Waals surface area contributed by atoms with Gasteiger partial charge in [0.15, 0.2) is 0 Å². The molecule has 0 aromatic carbocycles. The topological polar surface area (TPSA) is 12.9 Å². The normalized spacial score (nSPS) is 18.8. The third kappa shape index (κ3) is 2.85. The first-order valence-corrected chi connectivity index (χ1v) is 7.38. The van der Waals surface area contributed by atoms with Crippen LogP contribution in [0.15, 0.2) is 0 Å². The molecule has 1 nitrogen and oxygen atoms in total. The highest BCUT2D eigenvalue weighted by Crippen LogP contribution is 2.40. The Balaban J connectivity index is 0.000000606. The zero-order valence-electron chi connectivity index (χ0n) is 11.4. The van der Waals surface area contributed by atoms with Crippen LogP contribution >= 0.6 is 11.3 Å². The summed E-state index contributed by atoms with van der Waals surface area (Å²) in [7, 11) is 0. The van der Waals surface area contributed by atoms with E-state index in [9.17, 15) is 0 Å². The van der Waals surface area contributed by atoms with Gasteiger partial charge < -0.3 is 0 Å². The van der Waals surface area contributed by atoms with Crippen LogP contribution in [-0.2, 0) is 5.41 Å². The van der Waals surface area contributed by atoms with E-state index in [0.717, 1.165) is 0 Å². The average molecular weight is 239 g/mol. The fourth-order valence-corrected chi connectivity index (χ4v) is 3.63. The third-order valence-electron chi connectivity index (χ3n) is 3.43. The number of aromatic nitrogens is 1. The summed E-state index contributed by atoms with van der Waals surface area (Å²) >= 11 is 1.85. The number of hydrogen-bond donors (Lipinski definition) is 0. The Hall–Kier alpha value is -0.370. The smallest absolute Gasteiger partial charge is 0.0900 e. The highest BCUT2D eigenvalue weighted by atomic mass is 32.1. The van der Waals surface area contributed by atoms with Gasteiger partial charge in [-0.05, 0) is 26.7 Å². The maximum atomic E-state index is 4.72. The summed E-state index contributed by atoms with van der Waals surface area (Å²) in [5, 5.41) is 1.23. The molecular weight excluding hydrogens is 214 g/mol. The predicted octanol–water partition coefficient (Wildman–Crippen LogP) is 5.01. The molecule has 16 heavy (non-hydrogen) atoms. The van der Waals surface area contributed by atoms with E-state index in [1.54, 1.807) is 0 Å². The molecule has 1 aromatic rings. The van der Waals surface area contributed by atoms with Gasteiger partial charge in [0.1, 0.15) is 0 Å². The summed E-state index contributed by atoms with van der Waals surface area (Å²) in [5.41, 5.74) is 1.77. The molecule has 0 spiro atoms. The number of hydrogen-bond acceptors (Lipinski definition) is 2. The number of nitrogens with zero attached hydrogens (tertiary/aromatic N) is 1. The molecule has 0 atom stereocenters. The van der Waals surface area contributed by atoms with Gasteiger partial charge in [-0.25, -0.2) is 4.98 Å². The van der Waals surface area contributed by atoms with Gasteiger partial charge in [0.25, 0.3) is 0 Å². The van der Waals surface area contributed by atoms with Crippen LogP contribution in [0.2, 0.25) is 0 Å². The van der Waals surface area contributed by atoms with E-state index in [2.05, 4.69) is 20.8 Å². The maximum absolute atomic E-state index is 4.72. The van der Waals surface area contributed by atoms with Crippen LogP contribution in [0.5, 0.6) is 0 Å². The van der Waals surface area contributed by atoms with Crippen molar-refractivity contribution < 1.29 is 0 Å². The van der Waals surface area contributed by atoms with Crippen LogP contribution in [0.1, 0.15) is 68.5 Å². The van der Waals surface area contributed by atoms with Gasteiger partial charge >= 0.3 is 0 Å². The molecule has 92 valence electrons. The lowest BCUT2D eigenvalue weighted by Crippen LogP contribution is -2.26. The van der Waals surface area contributed by atoms with Crippen molar-refractivity contribution >= 4 is 11.3 Å². The Kier molecular flexibility index (Phi) is 4.97. The highest BCUT2D eigenvalue weighted by molar-refractivity contribution is 7.11. The van der Waals surface area contributed by atoms with Crippen LogP contribution in [0.25, 0.3) is 0 Å². The highest BCUT2D eigenvalue weighted by Gasteiger charge is 2.32. The first kappa shape index (κ1) is 13.7. The molecule has 0 bridgehead atoms. The molecule has 1 saturated carbocycles.